The van der Waals surface area contributed by atoms with Crippen LogP contribution >= 0.6 is 0 Å². The Bertz CT molecular complexity index is 268. The average molecular weight is 167 g/mol. The van der Waals surface area contributed by atoms with E-state index in [4.69, 9.17) is 10.2 Å². The van der Waals surface area contributed by atoms with E-state index in [1.54, 1.807) is 0 Å². The van der Waals surface area contributed by atoms with Crippen molar-refractivity contribution in [1.29, 1.82) is 0 Å². The highest BCUT2D eigenvalue weighted by molar-refractivity contribution is 5.22. The lowest BCUT2D eigenvalue weighted by atomic mass is 9.96. The molecule has 0 unspecified atom stereocenters. The van der Waals surface area contributed by atoms with Crippen molar-refractivity contribution < 1.29 is 4.42 Å². The zero-order valence-electron chi connectivity index (χ0n) is 8.27. The van der Waals surface area contributed by atoms with Crippen LogP contribution in [-0.4, -0.2) is 5.54 Å². The Kier molecular flexibility index (Phi) is 2.29. The summed E-state index contributed by atoms with van der Waals surface area (Å²) in [6.45, 7) is 7.98. The maximum absolute atomic E-state index is 5.90. The van der Waals surface area contributed by atoms with Crippen molar-refractivity contribution in [3.8, 4) is 0 Å². The van der Waals surface area contributed by atoms with E-state index in [1.165, 1.54) is 5.56 Å². The minimum atomic E-state index is -0.152. The molecule has 0 saturated carbocycles. The summed E-state index contributed by atoms with van der Waals surface area (Å²) in [6, 6.07) is 2.06. The highest BCUT2D eigenvalue weighted by atomic mass is 16.3. The Labute approximate surface area is 73.8 Å². The summed E-state index contributed by atoms with van der Waals surface area (Å²) >= 11 is 0. The molecule has 0 radical (unpaired) electrons. The largest absolute Gasteiger partial charge is 0.466 e. The molecule has 0 aliphatic heterocycles. The Morgan fingerprint density at radius 2 is 2.00 bits per heavy atom. The van der Waals surface area contributed by atoms with Crippen LogP contribution in [0.3, 0.4) is 0 Å². The molecule has 0 atom stereocenters. The topological polar surface area (TPSA) is 39.2 Å². The second-order valence-corrected chi connectivity index (χ2v) is 4.10. The van der Waals surface area contributed by atoms with E-state index in [0.717, 1.165) is 17.9 Å². The van der Waals surface area contributed by atoms with E-state index in [0.29, 0.717) is 0 Å². The molecule has 2 N–H and O–H groups in total. The smallest absolute Gasteiger partial charge is 0.104 e. The summed E-state index contributed by atoms with van der Waals surface area (Å²) < 4.78 is 5.40. The first kappa shape index (κ1) is 9.33. The van der Waals surface area contributed by atoms with Crippen LogP contribution in [0.1, 0.15) is 30.9 Å². The van der Waals surface area contributed by atoms with Crippen molar-refractivity contribution in [3.05, 3.63) is 23.2 Å². The minimum Gasteiger partial charge on any atom is -0.466 e. The molecule has 0 amide bonds. The molecule has 0 aliphatic rings. The van der Waals surface area contributed by atoms with Gasteiger partial charge in [-0.15, -0.1) is 0 Å². The van der Waals surface area contributed by atoms with E-state index < -0.39 is 0 Å². The van der Waals surface area contributed by atoms with Crippen molar-refractivity contribution in [2.75, 3.05) is 0 Å². The fourth-order valence-corrected chi connectivity index (χ4v) is 1.35. The molecule has 0 bridgehead atoms. The third kappa shape index (κ3) is 2.38. The molecule has 1 aromatic heterocycles. The van der Waals surface area contributed by atoms with Crippen molar-refractivity contribution in [1.82, 2.24) is 0 Å². The number of hydrogen-bond acceptors (Lipinski definition) is 2. The monoisotopic (exact) mass is 167 g/mol. The molecule has 0 aliphatic carbocycles. The SMILES string of the molecule is Cc1cc(CC(C)(C)N)c(C)o1. The quantitative estimate of drug-likeness (QED) is 0.733. The summed E-state index contributed by atoms with van der Waals surface area (Å²) in [5, 5.41) is 0. The molecule has 2 nitrogen and oxygen atoms in total. The van der Waals surface area contributed by atoms with Crippen LogP contribution in [0.15, 0.2) is 10.5 Å². The minimum absolute atomic E-state index is 0.152. The van der Waals surface area contributed by atoms with Crippen LogP contribution in [0.5, 0.6) is 0 Å². The van der Waals surface area contributed by atoms with Crippen molar-refractivity contribution in [2.45, 2.75) is 39.7 Å². The van der Waals surface area contributed by atoms with Crippen LogP contribution in [0.25, 0.3) is 0 Å². The first-order valence-corrected chi connectivity index (χ1v) is 4.23. The Morgan fingerprint density at radius 1 is 1.42 bits per heavy atom. The van der Waals surface area contributed by atoms with Gasteiger partial charge in [0.2, 0.25) is 0 Å². The lowest BCUT2D eigenvalue weighted by Crippen LogP contribution is -2.34. The number of nitrogens with two attached hydrogens (primary N) is 1. The fraction of sp³-hybridized carbons (Fsp3) is 0.600. The molecular formula is C10H17NO. The van der Waals surface area contributed by atoms with Crippen molar-refractivity contribution in [2.24, 2.45) is 5.73 Å². The summed E-state index contributed by atoms with van der Waals surface area (Å²) in [7, 11) is 0. The number of furan rings is 1. The molecule has 2 heteroatoms. The first-order chi connectivity index (χ1) is 5.38. The predicted molar refractivity (Wildman–Crippen MR) is 50.2 cm³/mol. The standard InChI is InChI=1S/C10H17NO/c1-7-5-9(8(2)12-7)6-10(3,4)11/h5H,6,11H2,1-4H3. The third-order valence-corrected chi connectivity index (χ3v) is 1.79. The molecular weight excluding hydrogens is 150 g/mol. The number of rotatable bonds is 2. The molecule has 1 rings (SSSR count). The molecule has 68 valence electrons. The van der Waals surface area contributed by atoms with Crippen LogP contribution in [0.4, 0.5) is 0 Å². The lowest BCUT2D eigenvalue weighted by Gasteiger charge is -2.17. The second kappa shape index (κ2) is 2.94. The molecule has 0 aromatic carbocycles. The van der Waals surface area contributed by atoms with Crippen LogP contribution in [-0.2, 0) is 6.42 Å². The van der Waals surface area contributed by atoms with Gasteiger partial charge < -0.3 is 10.2 Å². The molecule has 12 heavy (non-hydrogen) atoms. The highest BCUT2D eigenvalue weighted by Gasteiger charge is 2.15. The van der Waals surface area contributed by atoms with E-state index in [1.807, 2.05) is 27.7 Å². The zero-order valence-corrected chi connectivity index (χ0v) is 8.27. The molecule has 0 saturated heterocycles. The van der Waals surface area contributed by atoms with Gasteiger partial charge in [0.15, 0.2) is 0 Å². The van der Waals surface area contributed by atoms with Gasteiger partial charge in [-0.25, -0.2) is 0 Å². The van der Waals surface area contributed by atoms with Gasteiger partial charge in [-0.05, 0) is 45.7 Å². The Hall–Kier alpha value is -0.760. The summed E-state index contributed by atoms with van der Waals surface area (Å²) in [5.74, 6) is 1.96. The molecule has 0 spiro atoms. The maximum Gasteiger partial charge on any atom is 0.104 e. The normalized spacial score (nSPS) is 12.1. The van der Waals surface area contributed by atoms with Gasteiger partial charge in [-0.1, -0.05) is 0 Å². The van der Waals surface area contributed by atoms with Gasteiger partial charge in [-0.3, -0.25) is 0 Å². The molecule has 0 fully saturated rings. The van der Waals surface area contributed by atoms with E-state index in [2.05, 4.69) is 6.07 Å². The van der Waals surface area contributed by atoms with Gasteiger partial charge in [-0.2, -0.15) is 0 Å². The second-order valence-electron chi connectivity index (χ2n) is 4.10. The number of hydrogen-bond donors (Lipinski definition) is 1. The zero-order chi connectivity index (χ0) is 9.35. The summed E-state index contributed by atoms with van der Waals surface area (Å²) in [5.41, 5.74) is 6.97. The predicted octanol–water partition coefficient (Wildman–Crippen LogP) is 2.18. The fourth-order valence-electron chi connectivity index (χ4n) is 1.35. The van der Waals surface area contributed by atoms with Crippen molar-refractivity contribution in [3.63, 3.8) is 0 Å². The average Bonchev–Trinajstić information content (AvgIpc) is 2.06. The van der Waals surface area contributed by atoms with E-state index >= 15 is 0 Å². The Morgan fingerprint density at radius 3 is 2.33 bits per heavy atom. The van der Waals surface area contributed by atoms with Gasteiger partial charge >= 0.3 is 0 Å². The van der Waals surface area contributed by atoms with Crippen LogP contribution in [0.2, 0.25) is 0 Å². The molecule has 1 aromatic rings. The van der Waals surface area contributed by atoms with Gasteiger partial charge in [0.05, 0.1) is 0 Å². The van der Waals surface area contributed by atoms with Gasteiger partial charge in [0, 0.05) is 5.54 Å². The highest BCUT2D eigenvalue weighted by Crippen LogP contribution is 2.18. The summed E-state index contributed by atoms with van der Waals surface area (Å²) in [6.07, 6.45) is 0.871. The van der Waals surface area contributed by atoms with Gasteiger partial charge in [0.1, 0.15) is 11.5 Å². The first-order valence-electron chi connectivity index (χ1n) is 4.23. The maximum atomic E-state index is 5.90. The van der Waals surface area contributed by atoms with Crippen molar-refractivity contribution >= 4 is 0 Å². The van der Waals surface area contributed by atoms with E-state index in [9.17, 15) is 0 Å². The lowest BCUT2D eigenvalue weighted by molar-refractivity contribution is 0.482. The van der Waals surface area contributed by atoms with Gasteiger partial charge in [0.25, 0.3) is 0 Å². The Balaban J connectivity index is 2.82. The number of aryl methyl sites for hydroxylation is 2. The van der Waals surface area contributed by atoms with E-state index in [-0.39, 0.29) is 5.54 Å². The molecule has 1 heterocycles. The van der Waals surface area contributed by atoms with Crippen LogP contribution < -0.4 is 5.73 Å². The summed E-state index contributed by atoms with van der Waals surface area (Å²) in [4.78, 5) is 0. The van der Waals surface area contributed by atoms with Crippen LogP contribution in [0, 0.1) is 13.8 Å². The third-order valence-electron chi connectivity index (χ3n) is 1.79.